The number of benzene rings is 2. The number of hydrogen-bond donors (Lipinski definition) is 2. The van der Waals surface area contributed by atoms with Gasteiger partial charge in [-0.05, 0) is 48.7 Å². The predicted octanol–water partition coefficient (Wildman–Crippen LogP) is 3.02. The summed E-state index contributed by atoms with van der Waals surface area (Å²) in [4.78, 5) is 16.7. The first-order chi connectivity index (χ1) is 15.4. The summed E-state index contributed by atoms with van der Waals surface area (Å²) in [7, 11) is -2.60. The number of carbonyl (C=O) groups is 1. The molecular formula is C21H21ClN4O5S. The van der Waals surface area contributed by atoms with Crippen molar-refractivity contribution in [3.8, 4) is 5.75 Å². The normalized spacial score (nSPS) is 13.7. The van der Waals surface area contributed by atoms with Crippen LogP contribution in [0.15, 0.2) is 51.9 Å². The molecule has 1 heterocycles. The number of rotatable bonds is 9. The van der Waals surface area contributed by atoms with Gasteiger partial charge in [-0.2, -0.15) is 4.98 Å². The summed E-state index contributed by atoms with van der Waals surface area (Å²) in [6.45, 7) is 0.0983. The fraction of sp³-hybridized carbons (Fsp3) is 0.286. The summed E-state index contributed by atoms with van der Waals surface area (Å²) in [5.74, 6) is 0.937. The summed E-state index contributed by atoms with van der Waals surface area (Å²) in [5.41, 5.74) is 0.885. The third-order valence-corrected chi connectivity index (χ3v) is 6.60. The first-order valence-electron chi connectivity index (χ1n) is 9.88. The molecule has 32 heavy (non-hydrogen) atoms. The van der Waals surface area contributed by atoms with Crippen LogP contribution in [0.3, 0.4) is 0 Å². The Morgan fingerprint density at radius 3 is 2.62 bits per heavy atom. The molecule has 0 aliphatic heterocycles. The van der Waals surface area contributed by atoms with Gasteiger partial charge in [0.15, 0.2) is 5.82 Å². The first-order valence-corrected chi connectivity index (χ1v) is 11.7. The van der Waals surface area contributed by atoms with Gasteiger partial charge in [-0.15, -0.1) is 0 Å². The van der Waals surface area contributed by atoms with Crippen molar-refractivity contribution in [3.05, 3.63) is 70.3 Å². The van der Waals surface area contributed by atoms with Crippen LogP contribution in [0, 0.1) is 0 Å². The summed E-state index contributed by atoms with van der Waals surface area (Å²) >= 11 is 5.86. The Balaban J connectivity index is 1.46. The van der Waals surface area contributed by atoms with Gasteiger partial charge in [-0.25, -0.2) is 13.1 Å². The van der Waals surface area contributed by atoms with Crippen LogP contribution in [-0.4, -0.2) is 31.6 Å². The number of ether oxygens (including phenoxy) is 1. The summed E-state index contributed by atoms with van der Waals surface area (Å²) in [6, 6.07) is 11.0. The maximum absolute atomic E-state index is 12.9. The predicted molar refractivity (Wildman–Crippen MR) is 116 cm³/mol. The second kappa shape index (κ2) is 9.27. The van der Waals surface area contributed by atoms with Crippen LogP contribution in [0.25, 0.3) is 0 Å². The van der Waals surface area contributed by atoms with E-state index in [1.807, 2.05) is 0 Å². The molecule has 0 bridgehead atoms. The average molecular weight is 477 g/mol. The standard InChI is InChI=1S/C21H21ClN4O5S/c1-30-17-9-6-15(21(27)23-12-19-25-20(26-31-19)14-4-5-14)10-18(17)32(28,29)24-11-13-2-7-16(22)8-3-13/h2-3,6-10,14,24H,4-5,11-12H2,1H3,(H,23,27). The molecule has 1 aliphatic carbocycles. The lowest BCUT2D eigenvalue weighted by Gasteiger charge is -2.12. The van der Waals surface area contributed by atoms with E-state index in [1.165, 1.54) is 25.3 Å². The number of nitrogens with zero attached hydrogens (tertiary/aromatic N) is 2. The average Bonchev–Trinajstić information content (AvgIpc) is 3.54. The molecule has 1 aromatic heterocycles. The van der Waals surface area contributed by atoms with Crippen molar-refractivity contribution in [3.63, 3.8) is 0 Å². The minimum atomic E-state index is -3.96. The lowest BCUT2D eigenvalue weighted by atomic mass is 10.2. The smallest absolute Gasteiger partial charge is 0.251 e. The van der Waals surface area contributed by atoms with Crippen molar-refractivity contribution < 1.29 is 22.5 Å². The molecule has 0 saturated heterocycles. The summed E-state index contributed by atoms with van der Waals surface area (Å²) in [6.07, 6.45) is 2.08. The Bertz CT molecular complexity index is 1220. The largest absolute Gasteiger partial charge is 0.495 e. The van der Waals surface area contributed by atoms with E-state index in [9.17, 15) is 13.2 Å². The molecule has 0 unspecified atom stereocenters. The maximum Gasteiger partial charge on any atom is 0.251 e. The molecule has 1 saturated carbocycles. The highest BCUT2D eigenvalue weighted by Crippen LogP contribution is 2.38. The number of amides is 1. The first kappa shape index (κ1) is 22.3. The Kier molecular flexibility index (Phi) is 6.45. The number of nitrogens with one attached hydrogen (secondary N) is 2. The molecule has 2 aromatic carbocycles. The van der Waals surface area contributed by atoms with Crippen LogP contribution < -0.4 is 14.8 Å². The van der Waals surface area contributed by atoms with Crippen LogP contribution in [0.4, 0.5) is 0 Å². The molecule has 0 spiro atoms. The monoisotopic (exact) mass is 476 g/mol. The lowest BCUT2D eigenvalue weighted by molar-refractivity contribution is 0.0946. The fourth-order valence-corrected chi connectivity index (χ4v) is 4.33. The number of halogens is 1. The fourth-order valence-electron chi connectivity index (χ4n) is 2.99. The zero-order chi connectivity index (χ0) is 22.7. The van der Waals surface area contributed by atoms with E-state index in [1.54, 1.807) is 24.3 Å². The minimum absolute atomic E-state index is 0.0431. The minimum Gasteiger partial charge on any atom is -0.495 e. The number of methoxy groups -OCH3 is 1. The van der Waals surface area contributed by atoms with E-state index in [-0.39, 0.29) is 29.3 Å². The Hall–Kier alpha value is -2.95. The van der Waals surface area contributed by atoms with Crippen molar-refractivity contribution in [2.75, 3.05) is 7.11 Å². The van der Waals surface area contributed by atoms with Gasteiger partial charge in [0.2, 0.25) is 15.9 Å². The zero-order valence-electron chi connectivity index (χ0n) is 17.2. The van der Waals surface area contributed by atoms with Gasteiger partial charge >= 0.3 is 0 Å². The molecule has 1 amide bonds. The molecule has 11 heteroatoms. The van der Waals surface area contributed by atoms with Crippen LogP contribution in [0.5, 0.6) is 5.75 Å². The molecular weight excluding hydrogens is 456 g/mol. The van der Waals surface area contributed by atoms with Crippen LogP contribution in [0.2, 0.25) is 5.02 Å². The van der Waals surface area contributed by atoms with E-state index in [2.05, 4.69) is 20.2 Å². The van der Waals surface area contributed by atoms with E-state index < -0.39 is 15.9 Å². The Labute approximate surface area is 190 Å². The lowest BCUT2D eigenvalue weighted by Crippen LogP contribution is -2.26. The van der Waals surface area contributed by atoms with E-state index in [0.717, 1.165) is 18.4 Å². The summed E-state index contributed by atoms with van der Waals surface area (Å²) < 4.78 is 38.6. The maximum atomic E-state index is 12.9. The number of aromatic nitrogens is 2. The number of sulfonamides is 1. The molecule has 0 radical (unpaired) electrons. The van der Waals surface area contributed by atoms with Crippen LogP contribution in [-0.2, 0) is 23.1 Å². The SMILES string of the molecule is COc1ccc(C(=O)NCc2nc(C3CC3)no2)cc1S(=O)(=O)NCc1ccc(Cl)cc1. The van der Waals surface area contributed by atoms with E-state index >= 15 is 0 Å². The quantitative estimate of drug-likeness (QED) is 0.486. The second-order valence-electron chi connectivity index (χ2n) is 7.32. The highest BCUT2D eigenvalue weighted by atomic mass is 35.5. The summed E-state index contributed by atoms with van der Waals surface area (Å²) in [5, 5.41) is 7.12. The van der Waals surface area contributed by atoms with Crippen molar-refractivity contribution in [2.45, 2.75) is 36.7 Å². The highest BCUT2D eigenvalue weighted by molar-refractivity contribution is 7.89. The molecule has 2 N–H and O–H groups in total. The third-order valence-electron chi connectivity index (χ3n) is 4.92. The molecule has 4 rings (SSSR count). The topological polar surface area (TPSA) is 123 Å². The van der Waals surface area contributed by atoms with Gasteiger partial charge in [0, 0.05) is 23.0 Å². The van der Waals surface area contributed by atoms with E-state index in [4.69, 9.17) is 20.9 Å². The second-order valence-corrected chi connectivity index (χ2v) is 9.49. The number of carbonyl (C=O) groups excluding carboxylic acids is 1. The zero-order valence-corrected chi connectivity index (χ0v) is 18.7. The van der Waals surface area contributed by atoms with E-state index in [0.29, 0.717) is 22.7 Å². The van der Waals surface area contributed by atoms with Gasteiger partial charge in [0.05, 0.1) is 13.7 Å². The number of hydrogen-bond acceptors (Lipinski definition) is 7. The van der Waals surface area contributed by atoms with Gasteiger partial charge in [-0.1, -0.05) is 28.9 Å². The Morgan fingerprint density at radius 2 is 1.94 bits per heavy atom. The molecule has 0 atom stereocenters. The molecule has 9 nitrogen and oxygen atoms in total. The molecule has 1 aliphatic rings. The van der Waals surface area contributed by atoms with Gasteiger partial charge in [0.1, 0.15) is 10.6 Å². The van der Waals surface area contributed by atoms with Crippen molar-refractivity contribution in [1.82, 2.24) is 20.2 Å². The van der Waals surface area contributed by atoms with Gasteiger partial charge in [0.25, 0.3) is 5.91 Å². The van der Waals surface area contributed by atoms with Crippen LogP contribution >= 0.6 is 11.6 Å². The van der Waals surface area contributed by atoms with Crippen molar-refractivity contribution in [2.24, 2.45) is 0 Å². The van der Waals surface area contributed by atoms with Gasteiger partial charge in [-0.3, -0.25) is 4.79 Å². The Morgan fingerprint density at radius 1 is 1.19 bits per heavy atom. The molecule has 3 aromatic rings. The van der Waals surface area contributed by atoms with Crippen LogP contribution in [0.1, 0.15) is 46.4 Å². The highest BCUT2D eigenvalue weighted by Gasteiger charge is 2.29. The third kappa shape index (κ3) is 5.26. The van der Waals surface area contributed by atoms with Gasteiger partial charge < -0.3 is 14.6 Å². The van der Waals surface area contributed by atoms with Crippen molar-refractivity contribution >= 4 is 27.5 Å². The van der Waals surface area contributed by atoms with Crippen molar-refractivity contribution in [1.29, 1.82) is 0 Å². The molecule has 1 fully saturated rings. The molecule has 168 valence electrons.